The zero-order valence-corrected chi connectivity index (χ0v) is 11.7. The van der Waals surface area contributed by atoms with Gasteiger partial charge >= 0.3 is 0 Å². The van der Waals surface area contributed by atoms with Crippen molar-refractivity contribution >= 4 is 11.6 Å². The van der Waals surface area contributed by atoms with Gasteiger partial charge in [0, 0.05) is 24.0 Å². The van der Waals surface area contributed by atoms with Crippen LogP contribution in [0.25, 0.3) is 11.4 Å². The highest BCUT2D eigenvalue weighted by Crippen LogP contribution is 2.34. The highest BCUT2D eigenvalue weighted by molar-refractivity contribution is 6.33. The molecule has 0 amide bonds. The number of halogens is 2. The third kappa shape index (κ3) is 2.58. The SMILES string of the molecule is O[C@H]1CCC[C@@H](n2ccnc2-c2ccc(F)cc2Cl)C1. The molecule has 0 bridgehead atoms. The lowest BCUT2D eigenvalue weighted by atomic mass is 9.92. The predicted octanol–water partition coefficient (Wildman–Crippen LogP) is 3.82. The van der Waals surface area contributed by atoms with Crippen LogP contribution in [0, 0.1) is 5.82 Å². The Bertz CT molecular complexity index is 614. The zero-order valence-electron chi connectivity index (χ0n) is 11.0. The molecule has 5 heteroatoms. The van der Waals surface area contributed by atoms with Crippen LogP contribution in [0.2, 0.25) is 5.02 Å². The molecule has 0 spiro atoms. The number of hydrogen-bond acceptors (Lipinski definition) is 2. The molecule has 0 radical (unpaired) electrons. The molecular formula is C15H16ClFN2O. The summed E-state index contributed by atoms with van der Waals surface area (Å²) in [5.74, 6) is 0.374. The lowest BCUT2D eigenvalue weighted by Gasteiger charge is -2.28. The van der Waals surface area contributed by atoms with Gasteiger partial charge in [-0.05, 0) is 43.9 Å². The quantitative estimate of drug-likeness (QED) is 0.914. The molecule has 3 nitrogen and oxygen atoms in total. The normalized spacial score (nSPS) is 22.9. The molecule has 1 aliphatic carbocycles. The van der Waals surface area contributed by atoms with E-state index in [0.717, 1.165) is 37.1 Å². The third-order valence-electron chi connectivity index (χ3n) is 3.85. The van der Waals surface area contributed by atoms with Gasteiger partial charge in [-0.15, -0.1) is 0 Å². The molecule has 20 heavy (non-hydrogen) atoms. The molecule has 1 fully saturated rings. The fraction of sp³-hybridized carbons (Fsp3) is 0.400. The summed E-state index contributed by atoms with van der Waals surface area (Å²) >= 11 is 6.12. The monoisotopic (exact) mass is 294 g/mol. The van der Waals surface area contributed by atoms with Crippen LogP contribution >= 0.6 is 11.6 Å². The molecular weight excluding hydrogens is 279 g/mol. The van der Waals surface area contributed by atoms with E-state index in [1.165, 1.54) is 12.1 Å². The Kier molecular flexibility index (Phi) is 3.76. The van der Waals surface area contributed by atoms with E-state index in [2.05, 4.69) is 4.98 Å². The van der Waals surface area contributed by atoms with Crippen molar-refractivity contribution in [3.63, 3.8) is 0 Å². The Morgan fingerprint density at radius 2 is 2.20 bits per heavy atom. The molecule has 1 saturated carbocycles. The van der Waals surface area contributed by atoms with E-state index in [1.807, 2.05) is 10.8 Å². The highest BCUT2D eigenvalue weighted by Gasteiger charge is 2.24. The topological polar surface area (TPSA) is 38.0 Å². The number of imidazole rings is 1. The first-order chi connectivity index (χ1) is 9.65. The Morgan fingerprint density at radius 1 is 1.35 bits per heavy atom. The summed E-state index contributed by atoms with van der Waals surface area (Å²) in [4.78, 5) is 4.35. The van der Waals surface area contributed by atoms with Crippen molar-refractivity contribution in [3.8, 4) is 11.4 Å². The molecule has 0 aliphatic heterocycles. The Labute approximate surface area is 122 Å². The summed E-state index contributed by atoms with van der Waals surface area (Å²) in [5, 5.41) is 10.2. The molecule has 1 heterocycles. The van der Waals surface area contributed by atoms with E-state index in [9.17, 15) is 9.50 Å². The van der Waals surface area contributed by atoms with E-state index in [-0.39, 0.29) is 18.0 Å². The summed E-state index contributed by atoms with van der Waals surface area (Å²) in [7, 11) is 0. The average Bonchev–Trinajstić information content (AvgIpc) is 2.87. The van der Waals surface area contributed by atoms with Gasteiger partial charge in [0.25, 0.3) is 0 Å². The van der Waals surface area contributed by atoms with Crippen LogP contribution in [-0.2, 0) is 0 Å². The van der Waals surface area contributed by atoms with Crippen LogP contribution in [0.5, 0.6) is 0 Å². The number of rotatable bonds is 2. The van der Waals surface area contributed by atoms with Gasteiger partial charge in [0.2, 0.25) is 0 Å². The molecule has 2 atom stereocenters. The van der Waals surface area contributed by atoms with E-state index in [4.69, 9.17) is 11.6 Å². The summed E-state index contributed by atoms with van der Waals surface area (Å²) in [6, 6.07) is 4.55. The number of benzene rings is 1. The van der Waals surface area contributed by atoms with Crippen molar-refractivity contribution < 1.29 is 9.50 Å². The van der Waals surface area contributed by atoms with Crippen molar-refractivity contribution in [2.75, 3.05) is 0 Å². The number of aliphatic hydroxyl groups is 1. The first-order valence-corrected chi connectivity index (χ1v) is 7.19. The molecule has 1 aliphatic rings. The molecule has 3 rings (SSSR count). The van der Waals surface area contributed by atoms with Crippen molar-refractivity contribution in [2.45, 2.75) is 37.8 Å². The fourth-order valence-electron chi connectivity index (χ4n) is 2.88. The minimum atomic E-state index is -0.357. The van der Waals surface area contributed by atoms with Crippen LogP contribution in [0.15, 0.2) is 30.6 Å². The third-order valence-corrected chi connectivity index (χ3v) is 4.17. The highest BCUT2D eigenvalue weighted by atomic mass is 35.5. The molecule has 1 aromatic heterocycles. The fourth-order valence-corrected chi connectivity index (χ4v) is 3.13. The number of aromatic nitrogens is 2. The zero-order chi connectivity index (χ0) is 14.1. The maximum Gasteiger partial charge on any atom is 0.141 e. The first-order valence-electron chi connectivity index (χ1n) is 6.81. The van der Waals surface area contributed by atoms with E-state index in [1.54, 1.807) is 12.3 Å². The van der Waals surface area contributed by atoms with Crippen molar-refractivity contribution in [1.29, 1.82) is 0 Å². The van der Waals surface area contributed by atoms with Gasteiger partial charge in [-0.1, -0.05) is 11.6 Å². The molecule has 1 aromatic carbocycles. The second-order valence-corrected chi connectivity index (χ2v) is 5.66. The summed E-state index contributed by atoms with van der Waals surface area (Å²) < 4.78 is 15.2. The maximum atomic E-state index is 13.2. The maximum absolute atomic E-state index is 13.2. The van der Waals surface area contributed by atoms with E-state index < -0.39 is 0 Å². The van der Waals surface area contributed by atoms with Gasteiger partial charge in [-0.3, -0.25) is 0 Å². The molecule has 1 N–H and O–H groups in total. The van der Waals surface area contributed by atoms with Gasteiger partial charge in [-0.2, -0.15) is 0 Å². The van der Waals surface area contributed by atoms with Crippen molar-refractivity contribution in [1.82, 2.24) is 9.55 Å². The van der Waals surface area contributed by atoms with Crippen LogP contribution in [0.1, 0.15) is 31.7 Å². The summed E-state index contributed by atoms with van der Waals surface area (Å²) in [6.07, 6.45) is 6.96. The minimum absolute atomic E-state index is 0.220. The van der Waals surface area contributed by atoms with Gasteiger partial charge < -0.3 is 9.67 Å². The van der Waals surface area contributed by atoms with Crippen LogP contribution in [-0.4, -0.2) is 20.8 Å². The lowest BCUT2D eigenvalue weighted by Crippen LogP contribution is -2.22. The summed E-state index contributed by atoms with van der Waals surface area (Å²) in [6.45, 7) is 0. The van der Waals surface area contributed by atoms with Gasteiger partial charge in [0.1, 0.15) is 11.6 Å². The van der Waals surface area contributed by atoms with Crippen molar-refractivity contribution in [2.24, 2.45) is 0 Å². The molecule has 2 aromatic rings. The number of aliphatic hydroxyl groups excluding tert-OH is 1. The molecule has 0 saturated heterocycles. The van der Waals surface area contributed by atoms with Crippen LogP contribution < -0.4 is 0 Å². The lowest BCUT2D eigenvalue weighted by molar-refractivity contribution is 0.104. The van der Waals surface area contributed by atoms with E-state index in [0.29, 0.717) is 5.02 Å². The smallest absolute Gasteiger partial charge is 0.141 e. The average molecular weight is 295 g/mol. The number of nitrogens with zero attached hydrogens (tertiary/aromatic N) is 2. The van der Waals surface area contributed by atoms with Gasteiger partial charge in [0.15, 0.2) is 0 Å². The van der Waals surface area contributed by atoms with Crippen LogP contribution in [0.4, 0.5) is 4.39 Å². The summed E-state index contributed by atoms with van der Waals surface area (Å²) in [5.41, 5.74) is 0.720. The minimum Gasteiger partial charge on any atom is -0.393 e. The van der Waals surface area contributed by atoms with Crippen molar-refractivity contribution in [3.05, 3.63) is 41.4 Å². The van der Waals surface area contributed by atoms with Crippen LogP contribution in [0.3, 0.4) is 0 Å². The largest absolute Gasteiger partial charge is 0.393 e. The predicted molar refractivity (Wildman–Crippen MR) is 76.1 cm³/mol. The Hall–Kier alpha value is -1.39. The Balaban J connectivity index is 1.97. The van der Waals surface area contributed by atoms with Gasteiger partial charge in [-0.25, -0.2) is 9.37 Å². The first kappa shape index (κ1) is 13.6. The number of hydrogen-bond donors (Lipinski definition) is 1. The van der Waals surface area contributed by atoms with E-state index >= 15 is 0 Å². The van der Waals surface area contributed by atoms with Gasteiger partial charge in [0.05, 0.1) is 11.1 Å². The second kappa shape index (κ2) is 5.54. The molecule has 106 valence electrons. The second-order valence-electron chi connectivity index (χ2n) is 5.26. The molecule has 0 unspecified atom stereocenters. The standard InChI is InChI=1S/C15H16ClFN2O/c16-14-8-10(17)4-5-13(14)15-18-6-7-19(15)11-2-1-3-12(20)9-11/h4-8,11-12,20H,1-3,9H2/t11-,12+/m1/s1. The Morgan fingerprint density at radius 3 is 2.95 bits per heavy atom.